The monoisotopic (exact) mass is 396 g/mol. The number of hydrogen-bond donors (Lipinski definition) is 2. The summed E-state index contributed by atoms with van der Waals surface area (Å²) in [5, 5.41) is 24.3. The fourth-order valence-electron chi connectivity index (χ4n) is 7.57. The number of rotatable bonds is 12. The van der Waals surface area contributed by atoms with E-state index in [1.807, 2.05) is 0 Å². The molecular formula is C16H20N4O8. The first-order chi connectivity index (χ1) is 13.4. The van der Waals surface area contributed by atoms with E-state index < -0.39 is 10.2 Å². The highest BCUT2D eigenvalue weighted by Gasteiger charge is 3.12. The van der Waals surface area contributed by atoms with E-state index in [0.29, 0.717) is 61.4 Å². The van der Waals surface area contributed by atoms with Crippen LogP contribution in [0, 0.1) is 66.6 Å². The lowest BCUT2D eigenvalue weighted by atomic mass is 8.92. The van der Waals surface area contributed by atoms with Crippen molar-refractivity contribution in [3.63, 3.8) is 0 Å². The van der Waals surface area contributed by atoms with E-state index in [2.05, 4.69) is 20.3 Å². The molecule has 0 saturated heterocycles. The lowest BCUT2D eigenvalue weighted by Crippen LogP contribution is -3.12. The summed E-state index contributed by atoms with van der Waals surface area (Å²) in [5.41, 5.74) is -0.572. The lowest BCUT2D eigenvalue weighted by molar-refractivity contribution is -0.757. The standard InChI is InChI=1S/C16H20N4O8/c21-13(17-3-1-5-27-19(23)24)15-7-10-8(15)12-9(15)11(7)16(10,12)14(22)18-4-2-6-28-20(25)26/h7-12H,1-6H2,(H,17,21)(H,18,22). The number of nitrogens with zero attached hydrogens (tertiary/aromatic N) is 2. The second-order valence-corrected chi connectivity index (χ2v) is 8.35. The van der Waals surface area contributed by atoms with Crippen molar-refractivity contribution in [2.45, 2.75) is 12.8 Å². The molecule has 0 aliphatic heterocycles. The lowest BCUT2D eigenvalue weighted by Gasteiger charge is -3.09. The van der Waals surface area contributed by atoms with Gasteiger partial charge in [0.05, 0.1) is 24.0 Å². The highest BCUT2D eigenvalue weighted by atomic mass is 17.0. The van der Waals surface area contributed by atoms with Crippen LogP contribution in [0.25, 0.3) is 0 Å². The van der Waals surface area contributed by atoms with E-state index in [1.165, 1.54) is 0 Å². The molecule has 2 N–H and O–H groups in total. The predicted octanol–water partition coefficient (Wildman–Crippen LogP) is -0.846. The molecule has 0 aromatic rings. The molecule has 0 bridgehead atoms. The molecule has 28 heavy (non-hydrogen) atoms. The molecule has 6 aliphatic rings. The first-order valence-electron chi connectivity index (χ1n) is 9.52. The first-order valence-corrected chi connectivity index (χ1v) is 9.52. The van der Waals surface area contributed by atoms with Crippen molar-refractivity contribution in [2.75, 3.05) is 26.3 Å². The number of hydrogen-bond acceptors (Lipinski definition) is 8. The molecule has 6 rings (SSSR count). The first kappa shape index (κ1) is 17.4. The summed E-state index contributed by atoms with van der Waals surface area (Å²) in [7, 11) is 0. The maximum absolute atomic E-state index is 12.6. The van der Waals surface area contributed by atoms with Crippen molar-refractivity contribution < 1.29 is 29.4 Å². The second kappa shape index (κ2) is 5.45. The van der Waals surface area contributed by atoms with Crippen molar-refractivity contribution in [1.29, 1.82) is 0 Å². The van der Waals surface area contributed by atoms with Gasteiger partial charge in [-0.1, -0.05) is 0 Å². The molecular weight excluding hydrogens is 376 g/mol. The molecule has 0 spiro atoms. The molecule has 0 radical (unpaired) electrons. The van der Waals surface area contributed by atoms with Crippen molar-refractivity contribution >= 4 is 11.8 Å². The third-order valence-electron chi connectivity index (χ3n) is 8.02. The largest absolute Gasteiger partial charge is 0.356 e. The van der Waals surface area contributed by atoms with Gasteiger partial charge in [-0.3, -0.25) is 9.59 Å². The normalized spacial score (nSPS) is 43.6. The predicted molar refractivity (Wildman–Crippen MR) is 87.0 cm³/mol. The Hall–Kier alpha value is -2.66. The Balaban J connectivity index is 1.08. The van der Waals surface area contributed by atoms with Gasteiger partial charge >= 0.3 is 0 Å². The maximum Gasteiger partial charge on any atom is 0.294 e. The topological polar surface area (TPSA) is 163 Å². The fraction of sp³-hybridized carbons (Fsp3) is 0.875. The minimum atomic E-state index is -0.847. The van der Waals surface area contributed by atoms with E-state index in [0.717, 1.165) is 0 Å². The van der Waals surface area contributed by atoms with Gasteiger partial charge in [-0.2, -0.15) is 0 Å². The van der Waals surface area contributed by atoms with Crippen LogP contribution in [0.3, 0.4) is 0 Å². The molecule has 0 unspecified atom stereocenters. The van der Waals surface area contributed by atoms with E-state index >= 15 is 0 Å². The van der Waals surface area contributed by atoms with Crippen LogP contribution in [-0.4, -0.2) is 48.3 Å². The van der Waals surface area contributed by atoms with Crippen LogP contribution in [-0.2, 0) is 19.3 Å². The van der Waals surface area contributed by atoms with Crippen molar-refractivity contribution in [3.05, 3.63) is 20.2 Å². The third kappa shape index (κ3) is 1.60. The zero-order valence-corrected chi connectivity index (χ0v) is 14.9. The molecule has 12 nitrogen and oxygen atoms in total. The van der Waals surface area contributed by atoms with Crippen LogP contribution in [0.4, 0.5) is 0 Å². The van der Waals surface area contributed by atoms with Gasteiger partial charge in [0.25, 0.3) is 10.2 Å². The Labute approximate surface area is 158 Å². The van der Waals surface area contributed by atoms with Crippen LogP contribution >= 0.6 is 0 Å². The van der Waals surface area contributed by atoms with Gasteiger partial charge in [-0.05, 0) is 48.3 Å². The molecule has 0 atom stereocenters. The van der Waals surface area contributed by atoms with Gasteiger partial charge < -0.3 is 20.3 Å². The van der Waals surface area contributed by atoms with Crippen LogP contribution < -0.4 is 10.6 Å². The van der Waals surface area contributed by atoms with Gasteiger partial charge in [0.1, 0.15) is 0 Å². The Morgan fingerprint density at radius 3 is 1.36 bits per heavy atom. The van der Waals surface area contributed by atoms with Crippen LogP contribution in [0.2, 0.25) is 0 Å². The van der Waals surface area contributed by atoms with Gasteiger partial charge in [0.2, 0.25) is 11.8 Å². The second-order valence-electron chi connectivity index (χ2n) is 8.35. The van der Waals surface area contributed by atoms with Crippen LogP contribution in [0.15, 0.2) is 0 Å². The number of amides is 2. The summed E-state index contributed by atoms with van der Waals surface area (Å²) in [6, 6.07) is 0. The Morgan fingerprint density at radius 2 is 1.07 bits per heavy atom. The van der Waals surface area contributed by atoms with E-state index in [4.69, 9.17) is 0 Å². The summed E-state index contributed by atoms with van der Waals surface area (Å²) < 4.78 is 0. The van der Waals surface area contributed by atoms with E-state index in [9.17, 15) is 29.8 Å². The third-order valence-corrected chi connectivity index (χ3v) is 8.02. The Bertz CT molecular complexity index is 667. The van der Waals surface area contributed by atoms with Crippen molar-refractivity contribution in [1.82, 2.24) is 10.6 Å². The molecule has 6 aliphatic carbocycles. The van der Waals surface area contributed by atoms with Gasteiger partial charge in [0.15, 0.2) is 0 Å². The van der Waals surface area contributed by atoms with Crippen LogP contribution in [0.1, 0.15) is 12.8 Å². The van der Waals surface area contributed by atoms with Crippen molar-refractivity contribution in [3.8, 4) is 0 Å². The summed E-state index contributed by atoms with van der Waals surface area (Å²) >= 11 is 0. The van der Waals surface area contributed by atoms with E-state index in [-0.39, 0.29) is 35.9 Å². The summed E-state index contributed by atoms with van der Waals surface area (Å²) in [6.07, 6.45) is 0.761. The molecule has 0 heterocycles. The molecule has 6 saturated carbocycles. The minimum absolute atomic E-state index is 0.0305. The number of carbonyl (C=O) groups is 2. The Morgan fingerprint density at radius 1 is 0.750 bits per heavy atom. The zero-order chi connectivity index (χ0) is 19.8. The van der Waals surface area contributed by atoms with Gasteiger partial charge in [-0.25, -0.2) is 0 Å². The smallest absolute Gasteiger partial charge is 0.294 e. The molecule has 0 aromatic heterocycles. The zero-order valence-electron chi connectivity index (χ0n) is 14.9. The molecule has 2 amide bonds. The molecule has 152 valence electrons. The minimum Gasteiger partial charge on any atom is -0.356 e. The highest BCUT2D eigenvalue weighted by molar-refractivity contribution is 6.00. The van der Waals surface area contributed by atoms with Crippen LogP contribution in [0.5, 0.6) is 0 Å². The summed E-state index contributed by atoms with van der Waals surface area (Å²) in [4.78, 5) is 53.9. The quantitative estimate of drug-likeness (QED) is 0.245. The van der Waals surface area contributed by atoms with Gasteiger partial charge in [-0.15, -0.1) is 20.2 Å². The highest BCUT2D eigenvalue weighted by Crippen LogP contribution is 3.10. The van der Waals surface area contributed by atoms with Crippen molar-refractivity contribution in [2.24, 2.45) is 46.3 Å². The fourth-order valence-corrected chi connectivity index (χ4v) is 7.57. The summed E-state index contributed by atoms with van der Waals surface area (Å²) in [5.74, 6) is 1.84. The molecule has 12 heteroatoms. The molecule has 6 fully saturated rings. The number of carbonyl (C=O) groups excluding carboxylic acids is 2. The average molecular weight is 396 g/mol. The Kier molecular flexibility index (Phi) is 3.39. The average Bonchev–Trinajstić information content (AvgIpc) is 2.66. The van der Waals surface area contributed by atoms with E-state index in [1.54, 1.807) is 0 Å². The van der Waals surface area contributed by atoms with Gasteiger partial charge in [0, 0.05) is 13.1 Å². The molecule has 0 aromatic carbocycles. The SMILES string of the molecule is O=C(NCCCO[N+](=O)[O-])C12C3C4C1C1C2C3C41C(=O)NCCCO[N+](=O)[O-]. The maximum atomic E-state index is 12.6. The summed E-state index contributed by atoms with van der Waals surface area (Å²) in [6.45, 7) is 0.609. The number of nitrogens with one attached hydrogen (secondary N) is 2.